The average Bonchev–Trinajstić information content (AvgIpc) is 3.26. The molecule has 0 spiro atoms. The van der Waals surface area contributed by atoms with Crippen LogP contribution < -0.4 is 10.8 Å². The Morgan fingerprint density at radius 1 is 1.34 bits per heavy atom. The molecule has 2 aromatic rings. The lowest BCUT2D eigenvalue weighted by molar-refractivity contribution is -0.265. The maximum atomic E-state index is 14.2. The van der Waals surface area contributed by atoms with Gasteiger partial charge in [-0.3, -0.25) is 9.59 Å². The first kappa shape index (κ1) is 24.3. The van der Waals surface area contributed by atoms with Crippen molar-refractivity contribution in [2.45, 2.75) is 37.8 Å². The minimum Gasteiger partial charge on any atom is -0.376 e. The molecule has 15 heteroatoms. The molecular formula is C20H18F4N6O5. The number of halogens is 4. The number of Topliss-reactive ketones (excluding diaryl/α,β-unsaturated/α-hetero) is 1. The van der Waals surface area contributed by atoms with E-state index >= 15 is 0 Å². The number of ketones is 1. The fourth-order valence-corrected chi connectivity index (χ4v) is 3.97. The number of nitrogens with one attached hydrogen (secondary N) is 3. The van der Waals surface area contributed by atoms with E-state index in [4.69, 9.17) is 10.4 Å². The van der Waals surface area contributed by atoms with Gasteiger partial charge in [0.2, 0.25) is 0 Å². The summed E-state index contributed by atoms with van der Waals surface area (Å²) in [7, 11) is 0. The van der Waals surface area contributed by atoms with Crippen molar-refractivity contribution in [1.29, 1.82) is 5.53 Å². The van der Waals surface area contributed by atoms with Gasteiger partial charge in [-0.15, -0.1) is 0 Å². The SMILES string of the molecule is Cc1c(C(=O)C(=O)NC2(C(F)(F)F)COC2)c2n(c1C(=O)ONc1ncccc1N=N)C[C@H](F)C2. The van der Waals surface area contributed by atoms with E-state index in [0.717, 1.165) is 4.57 Å². The van der Waals surface area contributed by atoms with Gasteiger partial charge >= 0.3 is 12.1 Å². The Balaban J connectivity index is 1.61. The molecule has 3 N–H and O–H groups in total. The lowest BCUT2D eigenvalue weighted by atomic mass is 9.95. The molecule has 0 radical (unpaired) electrons. The summed E-state index contributed by atoms with van der Waals surface area (Å²) < 4.78 is 60.1. The smallest absolute Gasteiger partial charge is 0.376 e. The first-order valence-electron chi connectivity index (χ1n) is 10.2. The van der Waals surface area contributed by atoms with Gasteiger partial charge in [0.05, 0.1) is 25.3 Å². The van der Waals surface area contributed by atoms with Crippen molar-refractivity contribution >= 4 is 29.2 Å². The normalized spacial score (nSPS) is 18.3. The number of aromatic nitrogens is 2. The first-order valence-corrected chi connectivity index (χ1v) is 10.2. The Labute approximate surface area is 194 Å². The van der Waals surface area contributed by atoms with Crippen LogP contribution >= 0.6 is 0 Å². The molecule has 2 aliphatic heterocycles. The Morgan fingerprint density at radius 2 is 2.06 bits per heavy atom. The van der Waals surface area contributed by atoms with Crippen molar-refractivity contribution in [3.8, 4) is 0 Å². The van der Waals surface area contributed by atoms with Crippen molar-refractivity contribution in [2.24, 2.45) is 5.11 Å². The van der Waals surface area contributed by atoms with Crippen LogP contribution in [0.3, 0.4) is 0 Å². The second-order valence-electron chi connectivity index (χ2n) is 8.04. The molecule has 1 fully saturated rings. The second-order valence-corrected chi connectivity index (χ2v) is 8.04. The summed E-state index contributed by atoms with van der Waals surface area (Å²) in [6, 6.07) is 2.91. The number of carbonyl (C=O) groups excluding carboxylic acids is 3. The molecular weight excluding hydrogens is 480 g/mol. The quantitative estimate of drug-likeness (QED) is 0.175. The third-order valence-corrected chi connectivity index (χ3v) is 5.78. The molecule has 11 nitrogen and oxygen atoms in total. The zero-order chi connectivity index (χ0) is 25.5. The van der Waals surface area contributed by atoms with Crippen molar-refractivity contribution in [1.82, 2.24) is 14.9 Å². The summed E-state index contributed by atoms with van der Waals surface area (Å²) >= 11 is 0. The van der Waals surface area contributed by atoms with E-state index in [2.05, 4.69) is 20.3 Å². The van der Waals surface area contributed by atoms with Gasteiger partial charge in [-0.05, 0) is 24.6 Å². The lowest BCUT2D eigenvalue weighted by Crippen LogP contribution is -2.71. The number of carbonyl (C=O) groups is 3. The molecule has 0 unspecified atom stereocenters. The fourth-order valence-electron chi connectivity index (χ4n) is 3.97. The molecule has 2 aromatic heterocycles. The van der Waals surface area contributed by atoms with Crippen molar-refractivity contribution in [3.63, 3.8) is 0 Å². The maximum absolute atomic E-state index is 14.2. The summed E-state index contributed by atoms with van der Waals surface area (Å²) in [6.07, 6.45) is -5.34. The van der Waals surface area contributed by atoms with Crippen LogP contribution in [0.5, 0.6) is 0 Å². The van der Waals surface area contributed by atoms with Gasteiger partial charge < -0.3 is 19.5 Å². The molecule has 1 atom stereocenters. The second kappa shape index (κ2) is 8.72. The van der Waals surface area contributed by atoms with E-state index in [-0.39, 0.29) is 47.0 Å². The third kappa shape index (κ3) is 4.11. The highest BCUT2D eigenvalue weighted by Gasteiger charge is 2.61. The van der Waals surface area contributed by atoms with Crippen LogP contribution in [0.1, 0.15) is 32.1 Å². The van der Waals surface area contributed by atoms with Gasteiger partial charge in [0, 0.05) is 18.3 Å². The fraction of sp³-hybridized carbons (Fsp3) is 0.400. The van der Waals surface area contributed by atoms with Gasteiger partial charge in [0.1, 0.15) is 17.6 Å². The highest BCUT2D eigenvalue weighted by atomic mass is 19.4. The average molecular weight is 498 g/mol. The molecule has 0 aliphatic carbocycles. The van der Waals surface area contributed by atoms with E-state index < -0.39 is 48.8 Å². The van der Waals surface area contributed by atoms with Gasteiger partial charge in [-0.25, -0.2) is 19.7 Å². The molecule has 1 amide bonds. The monoisotopic (exact) mass is 498 g/mol. The van der Waals surface area contributed by atoms with Gasteiger partial charge in [-0.2, -0.15) is 23.8 Å². The van der Waals surface area contributed by atoms with Crippen LogP contribution in [0.2, 0.25) is 0 Å². The summed E-state index contributed by atoms with van der Waals surface area (Å²) in [5.74, 6) is -4.04. The van der Waals surface area contributed by atoms with Crippen molar-refractivity contribution < 1.29 is 41.5 Å². The van der Waals surface area contributed by atoms with E-state index in [1.54, 1.807) is 5.32 Å². The minimum atomic E-state index is -4.86. The molecule has 4 rings (SSSR count). The maximum Gasteiger partial charge on any atom is 0.416 e. The van der Waals surface area contributed by atoms with Crippen molar-refractivity contribution in [3.05, 3.63) is 40.8 Å². The van der Waals surface area contributed by atoms with E-state index in [1.165, 1.54) is 25.3 Å². The van der Waals surface area contributed by atoms with E-state index in [1.807, 2.05) is 0 Å². The molecule has 0 saturated carbocycles. The number of amides is 1. The zero-order valence-corrected chi connectivity index (χ0v) is 18.0. The van der Waals surface area contributed by atoms with Gasteiger partial charge in [0.25, 0.3) is 11.7 Å². The number of alkyl halides is 4. The molecule has 0 aromatic carbocycles. The molecule has 4 heterocycles. The highest BCUT2D eigenvalue weighted by molar-refractivity contribution is 6.43. The van der Waals surface area contributed by atoms with Crippen LogP contribution in [-0.4, -0.2) is 58.3 Å². The summed E-state index contributed by atoms with van der Waals surface area (Å²) in [4.78, 5) is 47.1. The first-order chi connectivity index (χ1) is 16.5. The lowest BCUT2D eigenvalue weighted by Gasteiger charge is -2.42. The Bertz CT molecular complexity index is 1220. The minimum absolute atomic E-state index is 0.00676. The number of fused-ring (bicyclic) bond motifs is 1. The number of anilines is 1. The highest BCUT2D eigenvalue weighted by Crippen LogP contribution is 2.37. The van der Waals surface area contributed by atoms with E-state index in [0.29, 0.717) is 0 Å². The topological polar surface area (TPSA) is 148 Å². The summed E-state index contributed by atoms with van der Waals surface area (Å²) in [5, 5.41) is 4.90. The molecule has 0 bridgehead atoms. The standard InChI is InChI=1S/C20H18F4N6O5/c1-9-13(15(31)17(32)27-19(7-34-8-19)20(22,23)24)12-5-10(21)6-30(12)14(9)18(33)35-29-16-11(28-25)3-2-4-26-16/h2-4,10,25H,5-8H2,1H3,(H,26,29)(H,27,32)/t10-/m1/s1. The number of hydrogen-bond acceptors (Lipinski definition) is 9. The Hall–Kier alpha value is -3.88. The number of pyridine rings is 1. The molecule has 1 saturated heterocycles. The zero-order valence-electron chi connectivity index (χ0n) is 18.0. The third-order valence-electron chi connectivity index (χ3n) is 5.78. The Morgan fingerprint density at radius 3 is 2.66 bits per heavy atom. The predicted octanol–water partition coefficient (Wildman–Crippen LogP) is 2.56. The van der Waals surface area contributed by atoms with Crippen molar-refractivity contribution in [2.75, 3.05) is 18.7 Å². The summed E-state index contributed by atoms with van der Waals surface area (Å²) in [6.45, 7) is -0.726. The Kier molecular flexibility index (Phi) is 6.04. The number of hydrogen-bond donors (Lipinski definition) is 3. The van der Waals surface area contributed by atoms with Crippen LogP contribution in [0.25, 0.3) is 0 Å². The van der Waals surface area contributed by atoms with Crippen LogP contribution in [0.4, 0.5) is 29.1 Å². The molecule has 186 valence electrons. The summed E-state index contributed by atoms with van der Waals surface area (Å²) in [5.41, 5.74) is 5.99. The molecule has 2 aliphatic rings. The number of ether oxygens (including phenoxy) is 1. The largest absolute Gasteiger partial charge is 0.416 e. The van der Waals surface area contributed by atoms with Crippen LogP contribution in [0, 0.1) is 12.5 Å². The van der Waals surface area contributed by atoms with E-state index in [9.17, 15) is 31.9 Å². The van der Waals surface area contributed by atoms with Gasteiger partial charge in [-0.1, -0.05) is 0 Å². The van der Waals surface area contributed by atoms with Gasteiger partial charge in [0.15, 0.2) is 11.4 Å². The molecule has 35 heavy (non-hydrogen) atoms. The van der Waals surface area contributed by atoms with Crippen LogP contribution in [0.15, 0.2) is 23.4 Å². The predicted molar refractivity (Wildman–Crippen MR) is 108 cm³/mol. The number of nitrogens with zero attached hydrogens (tertiary/aromatic N) is 3. The van der Waals surface area contributed by atoms with Crippen LogP contribution in [-0.2, 0) is 27.3 Å². The number of rotatable bonds is 7.